The van der Waals surface area contributed by atoms with Crippen molar-refractivity contribution in [3.63, 3.8) is 0 Å². The number of carbonyl (C=O) groups excluding carboxylic acids is 1. The van der Waals surface area contributed by atoms with E-state index in [1.807, 2.05) is 40.6 Å². The second-order valence-corrected chi connectivity index (χ2v) is 7.07. The van der Waals surface area contributed by atoms with Crippen molar-refractivity contribution in [2.45, 2.75) is 6.42 Å². The number of fused-ring (bicyclic) bond motifs is 1. The van der Waals surface area contributed by atoms with Crippen LogP contribution in [0, 0.1) is 2.88 Å². The zero-order valence-corrected chi connectivity index (χ0v) is 13.1. The van der Waals surface area contributed by atoms with Crippen LogP contribution in [-0.4, -0.2) is 19.1 Å². The van der Waals surface area contributed by atoms with Crippen molar-refractivity contribution < 1.29 is 9.53 Å². The quantitative estimate of drug-likeness (QED) is 0.700. The minimum atomic E-state index is 0.0529. The monoisotopic (exact) mass is 385 g/mol. The molecule has 3 rings (SSSR count). The molecule has 0 aliphatic carbocycles. The minimum Gasteiger partial charge on any atom is -0.491 e. The summed E-state index contributed by atoms with van der Waals surface area (Å²) >= 11 is 3.83. The van der Waals surface area contributed by atoms with E-state index in [1.165, 1.54) is 0 Å². The molecular formula is C14H12INO2S. The first-order valence-corrected chi connectivity index (χ1v) is 7.99. The Labute approximate surface area is 129 Å². The summed E-state index contributed by atoms with van der Waals surface area (Å²) in [6, 6.07) is 9.65. The maximum atomic E-state index is 12.6. The smallest absolute Gasteiger partial charge is 0.259 e. The Kier molecular flexibility index (Phi) is 3.74. The molecule has 0 bridgehead atoms. The molecule has 2 aromatic rings. The van der Waals surface area contributed by atoms with Crippen LogP contribution >= 0.6 is 33.9 Å². The highest BCUT2D eigenvalue weighted by molar-refractivity contribution is 14.1. The van der Waals surface area contributed by atoms with Gasteiger partial charge in [0.2, 0.25) is 0 Å². The Morgan fingerprint density at radius 1 is 1.37 bits per heavy atom. The summed E-state index contributed by atoms with van der Waals surface area (Å²) in [7, 11) is 0. The third kappa shape index (κ3) is 2.62. The van der Waals surface area contributed by atoms with Gasteiger partial charge >= 0.3 is 0 Å². The number of benzene rings is 1. The Bertz CT molecular complexity index is 611. The van der Waals surface area contributed by atoms with E-state index in [0.29, 0.717) is 13.2 Å². The Balaban J connectivity index is 1.98. The number of thiophene rings is 1. The zero-order valence-electron chi connectivity index (χ0n) is 10.1. The predicted octanol–water partition coefficient (Wildman–Crippen LogP) is 3.78. The van der Waals surface area contributed by atoms with Crippen LogP contribution in [0.5, 0.6) is 5.75 Å². The first kappa shape index (κ1) is 12.9. The highest BCUT2D eigenvalue weighted by Crippen LogP contribution is 2.32. The van der Waals surface area contributed by atoms with E-state index in [-0.39, 0.29) is 5.91 Å². The van der Waals surface area contributed by atoms with Crippen LogP contribution in [0.25, 0.3) is 0 Å². The molecule has 0 saturated heterocycles. The molecule has 0 fully saturated rings. The zero-order chi connectivity index (χ0) is 13.2. The molecule has 2 heterocycles. The van der Waals surface area contributed by atoms with Gasteiger partial charge in [0.1, 0.15) is 5.75 Å². The lowest BCUT2D eigenvalue weighted by atomic mass is 10.2. The molecule has 5 heteroatoms. The number of carbonyl (C=O) groups is 1. The molecule has 0 radical (unpaired) electrons. The summed E-state index contributed by atoms with van der Waals surface area (Å²) in [4.78, 5) is 14.4. The molecule has 3 nitrogen and oxygen atoms in total. The van der Waals surface area contributed by atoms with E-state index in [9.17, 15) is 4.79 Å². The molecule has 0 spiro atoms. The van der Waals surface area contributed by atoms with Crippen molar-refractivity contribution in [3.05, 3.63) is 44.2 Å². The molecule has 98 valence electrons. The van der Waals surface area contributed by atoms with Crippen LogP contribution in [0.15, 0.2) is 35.7 Å². The summed E-state index contributed by atoms with van der Waals surface area (Å²) in [5, 5.41) is 1.92. The number of para-hydroxylation sites is 2. The minimum absolute atomic E-state index is 0.0529. The SMILES string of the molecule is O=C(c1csc(I)c1)N1CCCOc2ccccc21. The molecule has 1 aromatic heterocycles. The van der Waals surface area contributed by atoms with Crippen molar-refractivity contribution in [3.8, 4) is 5.75 Å². The fourth-order valence-corrected chi connectivity index (χ4v) is 3.44. The number of anilines is 1. The average Bonchev–Trinajstić information content (AvgIpc) is 2.74. The van der Waals surface area contributed by atoms with Gasteiger partial charge in [-0.2, -0.15) is 0 Å². The van der Waals surface area contributed by atoms with Crippen molar-refractivity contribution >= 4 is 45.5 Å². The largest absolute Gasteiger partial charge is 0.491 e. The van der Waals surface area contributed by atoms with Crippen molar-refractivity contribution in [1.29, 1.82) is 0 Å². The van der Waals surface area contributed by atoms with Crippen LogP contribution in [0.2, 0.25) is 0 Å². The van der Waals surface area contributed by atoms with Gasteiger partial charge in [0.15, 0.2) is 0 Å². The van der Waals surface area contributed by atoms with Crippen LogP contribution in [0.4, 0.5) is 5.69 Å². The first-order chi connectivity index (χ1) is 9.25. The van der Waals surface area contributed by atoms with Crippen LogP contribution < -0.4 is 9.64 Å². The second kappa shape index (κ2) is 5.50. The predicted molar refractivity (Wildman–Crippen MR) is 85.3 cm³/mol. The van der Waals surface area contributed by atoms with Gasteiger partial charge in [-0.3, -0.25) is 4.79 Å². The summed E-state index contributed by atoms with van der Waals surface area (Å²) in [6.45, 7) is 1.35. The number of ether oxygens (including phenoxy) is 1. The fourth-order valence-electron chi connectivity index (χ4n) is 2.12. The fraction of sp³-hybridized carbons (Fsp3) is 0.214. The second-order valence-electron chi connectivity index (χ2n) is 4.27. The van der Waals surface area contributed by atoms with Crippen molar-refractivity contribution in [2.24, 2.45) is 0 Å². The summed E-state index contributed by atoms with van der Waals surface area (Å²) in [6.07, 6.45) is 0.849. The van der Waals surface area contributed by atoms with Gasteiger partial charge in [-0.1, -0.05) is 12.1 Å². The molecular weight excluding hydrogens is 373 g/mol. The van der Waals surface area contributed by atoms with Crippen molar-refractivity contribution in [2.75, 3.05) is 18.1 Å². The molecule has 19 heavy (non-hydrogen) atoms. The van der Waals surface area contributed by atoms with Crippen LogP contribution in [-0.2, 0) is 0 Å². The van der Waals surface area contributed by atoms with Crippen LogP contribution in [0.1, 0.15) is 16.8 Å². The van der Waals surface area contributed by atoms with Gasteiger partial charge in [-0.25, -0.2) is 0 Å². The Hall–Kier alpha value is -1.08. The van der Waals surface area contributed by atoms with E-state index in [4.69, 9.17) is 4.74 Å². The number of nitrogens with zero attached hydrogens (tertiary/aromatic N) is 1. The van der Waals surface area contributed by atoms with Crippen LogP contribution in [0.3, 0.4) is 0 Å². The lowest BCUT2D eigenvalue weighted by Crippen LogP contribution is -2.31. The van der Waals surface area contributed by atoms with E-state index in [1.54, 1.807) is 11.3 Å². The highest BCUT2D eigenvalue weighted by atomic mass is 127. The molecule has 1 aliphatic heterocycles. The summed E-state index contributed by atoms with van der Waals surface area (Å²) in [5.74, 6) is 0.843. The summed E-state index contributed by atoms with van der Waals surface area (Å²) < 4.78 is 6.80. The third-order valence-electron chi connectivity index (χ3n) is 3.00. The van der Waals surface area contributed by atoms with E-state index in [2.05, 4.69) is 22.6 Å². The van der Waals surface area contributed by atoms with Gasteiger partial charge in [-0.15, -0.1) is 11.3 Å². The molecule has 1 aliphatic rings. The standard InChI is InChI=1S/C14H12INO2S/c15-13-8-10(9-19-13)14(17)16-6-3-7-18-12-5-2-1-4-11(12)16/h1-2,4-5,8-9H,3,6-7H2. The van der Waals surface area contributed by atoms with Gasteiger partial charge in [-0.05, 0) is 47.2 Å². The normalized spacial score (nSPS) is 14.5. The number of hydrogen-bond donors (Lipinski definition) is 0. The number of hydrogen-bond acceptors (Lipinski definition) is 3. The topological polar surface area (TPSA) is 29.5 Å². The molecule has 1 aromatic carbocycles. The molecule has 0 unspecified atom stereocenters. The third-order valence-corrected chi connectivity index (χ3v) is 4.79. The highest BCUT2D eigenvalue weighted by Gasteiger charge is 2.23. The maximum absolute atomic E-state index is 12.6. The van der Waals surface area contributed by atoms with Gasteiger partial charge < -0.3 is 9.64 Å². The van der Waals surface area contributed by atoms with Gasteiger partial charge in [0.25, 0.3) is 5.91 Å². The number of amides is 1. The molecule has 0 atom stereocenters. The lowest BCUT2D eigenvalue weighted by molar-refractivity contribution is 0.0987. The van der Waals surface area contributed by atoms with E-state index >= 15 is 0 Å². The molecule has 0 N–H and O–H groups in total. The number of halogens is 1. The van der Waals surface area contributed by atoms with Crippen molar-refractivity contribution in [1.82, 2.24) is 0 Å². The lowest BCUT2D eigenvalue weighted by Gasteiger charge is -2.21. The summed E-state index contributed by atoms with van der Waals surface area (Å²) in [5.41, 5.74) is 1.62. The van der Waals surface area contributed by atoms with Gasteiger partial charge in [0, 0.05) is 11.9 Å². The van der Waals surface area contributed by atoms with E-state index in [0.717, 1.165) is 26.3 Å². The molecule has 1 amide bonds. The Morgan fingerprint density at radius 2 is 2.21 bits per heavy atom. The number of rotatable bonds is 1. The maximum Gasteiger partial charge on any atom is 0.259 e. The van der Waals surface area contributed by atoms with E-state index < -0.39 is 0 Å². The average molecular weight is 385 g/mol. The van der Waals surface area contributed by atoms with Gasteiger partial charge in [0.05, 0.1) is 20.7 Å². The molecule has 0 saturated carbocycles. The first-order valence-electron chi connectivity index (χ1n) is 6.03. The Morgan fingerprint density at radius 3 is 3.00 bits per heavy atom.